The van der Waals surface area contributed by atoms with Crippen LogP contribution in [0.15, 0.2) is 30.3 Å². The lowest BCUT2D eigenvalue weighted by atomic mass is 10.1. The van der Waals surface area contributed by atoms with Gasteiger partial charge in [-0.25, -0.2) is 4.98 Å². The minimum Gasteiger partial charge on any atom is -0.370 e. The number of nitriles is 1. The second kappa shape index (κ2) is 6.30. The summed E-state index contributed by atoms with van der Waals surface area (Å²) >= 11 is 0. The highest BCUT2D eigenvalue weighted by Crippen LogP contribution is 2.19. The number of nitrogens with zero attached hydrogens (tertiary/aromatic N) is 2. The van der Waals surface area contributed by atoms with E-state index >= 15 is 0 Å². The summed E-state index contributed by atoms with van der Waals surface area (Å²) in [5, 5.41) is 13.2. The van der Waals surface area contributed by atoms with E-state index in [0.717, 1.165) is 17.3 Å². The molecule has 0 aliphatic heterocycles. The fourth-order valence-electron chi connectivity index (χ4n) is 1.85. The van der Waals surface area contributed by atoms with E-state index in [1.165, 1.54) is 0 Å². The lowest BCUT2D eigenvalue weighted by molar-refractivity contribution is 0.685. The summed E-state index contributed by atoms with van der Waals surface area (Å²) < 4.78 is 11.0. The normalized spacial score (nSPS) is 12.0. The van der Waals surface area contributed by atoms with Crippen LogP contribution in [0.25, 0.3) is 10.9 Å². The van der Waals surface area contributed by atoms with E-state index in [4.69, 9.17) is 5.26 Å². The number of para-hydroxylation sites is 1. The molecular weight excluding hydrogens is 258 g/mol. The van der Waals surface area contributed by atoms with Crippen LogP contribution < -0.4 is 5.32 Å². The molecule has 0 bridgehead atoms. The van der Waals surface area contributed by atoms with Gasteiger partial charge in [-0.2, -0.15) is 5.26 Å². The fourth-order valence-corrected chi connectivity index (χ4v) is 2.40. The van der Waals surface area contributed by atoms with Crippen molar-refractivity contribution >= 4 is 27.5 Å². The Hall–Kier alpha value is -1.93. The summed E-state index contributed by atoms with van der Waals surface area (Å²) in [5.41, 5.74) is 1.43. The van der Waals surface area contributed by atoms with Gasteiger partial charge in [0.25, 0.3) is 0 Å². The summed E-state index contributed by atoms with van der Waals surface area (Å²) in [6, 6.07) is 11.5. The molecule has 0 saturated heterocycles. The van der Waals surface area contributed by atoms with Crippen molar-refractivity contribution in [1.29, 1.82) is 5.26 Å². The van der Waals surface area contributed by atoms with E-state index < -0.39 is 10.8 Å². The van der Waals surface area contributed by atoms with Crippen molar-refractivity contribution in [1.82, 2.24) is 4.98 Å². The van der Waals surface area contributed by atoms with Crippen molar-refractivity contribution in [2.24, 2.45) is 0 Å². The zero-order valence-corrected chi connectivity index (χ0v) is 11.5. The van der Waals surface area contributed by atoms with E-state index in [-0.39, 0.29) is 0 Å². The Kier molecular flexibility index (Phi) is 4.48. The zero-order valence-electron chi connectivity index (χ0n) is 10.7. The molecule has 1 N–H and O–H groups in total. The maximum absolute atomic E-state index is 11.0. The molecule has 0 spiro atoms. The Labute approximate surface area is 114 Å². The molecule has 0 saturated carbocycles. The molecule has 2 rings (SSSR count). The Morgan fingerprint density at radius 3 is 2.95 bits per heavy atom. The third kappa shape index (κ3) is 3.52. The van der Waals surface area contributed by atoms with Crippen LogP contribution in [0.2, 0.25) is 0 Å². The first-order chi connectivity index (χ1) is 9.20. The topological polar surface area (TPSA) is 65.8 Å². The van der Waals surface area contributed by atoms with Crippen LogP contribution in [0.5, 0.6) is 0 Å². The van der Waals surface area contributed by atoms with Crippen molar-refractivity contribution < 1.29 is 4.21 Å². The van der Waals surface area contributed by atoms with Gasteiger partial charge in [-0.1, -0.05) is 18.2 Å². The van der Waals surface area contributed by atoms with Gasteiger partial charge < -0.3 is 5.32 Å². The fraction of sp³-hybridized carbons (Fsp3) is 0.286. The highest BCUT2D eigenvalue weighted by Gasteiger charge is 2.04. The van der Waals surface area contributed by atoms with Crippen LogP contribution in [0.1, 0.15) is 12.0 Å². The number of hydrogen-bond donors (Lipinski definition) is 1. The molecule has 1 aromatic carbocycles. The third-order valence-corrected chi connectivity index (χ3v) is 3.61. The monoisotopic (exact) mass is 273 g/mol. The lowest BCUT2D eigenvalue weighted by Crippen LogP contribution is -2.07. The van der Waals surface area contributed by atoms with Gasteiger partial charge in [0.15, 0.2) is 0 Å². The van der Waals surface area contributed by atoms with Gasteiger partial charge in [-0.15, -0.1) is 0 Å². The van der Waals surface area contributed by atoms with Crippen molar-refractivity contribution in [3.63, 3.8) is 0 Å². The molecule has 5 heteroatoms. The van der Waals surface area contributed by atoms with Gasteiger partial charge in [0, 0.05) is 34.7 Å². The number of aromatic nitrogens is 1. The van der Waals surface area contributed by atoms with E-state index in [1.54, 1.807) is 12.3 Å². The summed E-state index contributed by atoms with van der Waals surface area (Å²) in [5.74, 6) is 1.36. The van der Waals surface area contributed by atoms with Crippen LogP contribution >= 0.6 is 0 Å². The van der Waals surface area contributed by atoms with Gasteiger partial charge in [0.2, 0.25) is 0 Å². The average Bonchev–Trinajstić information content (AvgIpc) is 2.42. The van der Waals surface area contributed by atoms with Gasteiger partial charge in [0.1, 0.15) is 5.82 Å². The SMILES string of the molecule is CS(=O)CCCNc1cc(C#N)c2ccccc2n1. The predicted molar refractivity (Wildman–Crippen MR) is 78.5 cm³/mol. The highest BCUT2D eigenvalue weighted by molar-refractivity contribution is 7.84. The third-order valence-electron chi connectivity index (χ3n) is 2.75. The number of benzene rings is 1. The van der Waals surface area contributed by atoms with Gasteiger partial charge in [-0.05, 0) is 18.6 Å². The molecule has 98 valence electrons. The zero-order chi connectivity index (χ0) is 13.7. The number of fused-ring (bicyclic) bond motifs is 1. The van der Waals surface area contributed by atoms with E-state index in [0.29, 0.717) is 23.7 Å². The average molecular weight is 273 g/mol. The number of nitrogens with one attached hydrogen (secondary N) is 1. The van der Waals surface area contributed by atoms with Crippen LogP contribution in [0.3, 0.4) is 0 Å². The number of pyridine rings is 1. The minimum absolute atomic E-state index is 0.618. The largest absolute Gasteiger partial charge is 0.370 e. The molecule has 19 heavy (non-hydrogen) atoms. The second-order valence-electron chi connectivity index (χ2n) is 4.24. The standard InChI is InChI=1S/C14H15N3OS/c1-19(18)8-4-7-16-14-9-11(10-15)12-5-2-3-6-13(12)17-14/h2-3,5-6,9H,4,7-8H2,1H3,(H,16,17). The number of rotatable bonds is 5. The molecule has 1 heterocycles. The quantitative estimate of drug-likeness (QED) is 0.849. The summed E-state index contributed by atoms with van der Waals surface area (Å²) in [7, 11) is -0.764. The smallest absolute Gasteiger partial charge is 0.127 e. The summed E-state index contributed by atoms with van der Waals surface area (Å²) in [6.07, 6.45) is 2.52. The van der Waals surface area contributed by atoms with E-state index in [2.05, 4.69) is 16.4 Å². The van der Waals surface area contributed by atoms with E-state index in [1.807, 2.05) is 24.3 Å². The van der Waals surface area contributed by atoms with Crippen molar-refractivity contribution in [3.05, 3.63) is 35.9 Å². The molecule has 2 aromatic rings. The second-order valence-corrected chi connectivity index (χ2v) is 5.80. The van der Waals surface area contributed by atoms with Crippen molar-refractivity contribution in [3.8, 4) is 6.07 Å². The van der Waals surface area contributed by atoms with Crippen LogP contribution in [0, 0.1) is 11.3 Å². The Bertz CT molecular complexity index is 649. The summed E-state index contributed by atoms with van der Waals surface area (Å²) in [4.78, 5) is 4.46. The molecule has 4 nitrogen and oxygen atoms in total. The number of anilines is 1. The maximum Gasteiger partial charge on any atom is 0.127 e. The van der Waals surface area contributed by atoms with Crippen LogP contribution in [-0.4, -0.2) is 27.7 Å². The minimum atomic E-state index is -0.764. The predicted octanol–water partition coefficient (Wildman–Crippen LogP) is 2.29. The Morgan fingerprint density at radius 2 is 2.21 bits per heavy atom. The molecule has 0 amide bonds. The number of hydrogen-bond acceptors (Lipinski definition) is 4. The maximum atomic E-state index is 11.0. The van der Waals surface area contributed by atoms with Gasteiger partial charge in [0.05, 0.1) is 17.1 Å². The molecule has 1 unspecified atom stereocenters. The first-order valence-corrected chi connectivity index (χ1v) is 7.77. The van der Waals surface area contributed by atoms with Gasteiger partial charge >= 0.3 is 0 Å². The van der Waals surface area contributed by atoms with Crippen LogP contribution in [-0.2, 0) is 10.8 Å². The molecule has 1 aromatic heterocycles. The summed E-state index contributed by atoms with van der Waals surface area (Å²) in [6.45, 7) is 0.704. The Morgan fingerprint density at radius 1 is 1.42 bits per heavy atom. The lowest BCUT2D eigenvalue weighted by Gasteiger charge is -2.07. The first-order valence-electron chi connectivity index (χ1n) is 6.04. The molecule has 1 atom stereocenters. The molecule has 0 radical (unpaired) electrons. The van der Waals surface area contributed by atoms with Crippen LogP contribution in [0.4, 0.5) is 5.82 Å². The molecule has 0 aliphatic carbocycles. The molecular formula is C14H15N3OS. The van der Waals surface area contributed by atoms with E-state index in [9.17, 15) is 4.21 Å². The first kappa shape index (κ1) is 13.5. The van der Waals surface area contributed by atoms with Crippen molar-refractivity contribution in [2.45, 2.75) is 6.42 Å². The van der Waals surface area contributed by atoms with Gasteiger partial charge in [-0.3, -0.25) is 4.21 Å². The molecule has 0 fully saturated rings. The van der Waals surface area contributed by atoms with Crippen molar-refractivity contribution in [2.75, 3.05) is 23.9 Å². The highest BCUT2D eigenvalue weighted by atomic mass is 32.2. The molecule has 0 aliphatic rings. The Balaban J connectivity index is 2.16.